The zero-order valence-electron chi connectivity index (χ0n) is 11.2. The molecular formula is C13H24N2O3. The lowest BCUT2D eigenvalue weighted by atomic mass is 10.1. The van der Waals surface area contributed by atoms with E-state index in [0.717, 1.165) is 45.1 Å². The Morgan fingerprint density at radius 1 is 1.33 bits per heavy atom. The zero-order chi connectivity index (χ0) is 13.0. The number of nitrogens with zero attached hydrogens (tertiary/aromatic N) is 2. The van der Waals surface area contributed by atoms with Gasteiger partial charge in [0.25, 0.3) is 0 Å². The lowest BCUT2D eigenvalue weighted by Gasteiger charge is -2.30. The fraction of sp³-hybridized carbons (Fsp3) is 0.923. The molecule has 2 rings (SSSR count). The van der Waals surface area contributed by atoms with Crippen LogP contribution in [-0.2, 0) is 9.53 Å². The van der Waals surface area contributed by atoms with Crippen molar-refractivity contribution >= 4 is 5.97 Å². The molecule has 0 aromatic carbocycles. The molecule has 1 saturated carbocycles. The van der Waals surface area contributed by atoms with Gasteiger partial charge in [0.1, 0.15) is 0 Å². The first-order valence-electron chi connectivity index (χ1n) is 6.88. The molecule has 5 nitrogen and oxygen atoms in total. The summed E-state index contributed by atoms with van der Waals surface area (Å²) in [5.41, 5.74) is 0. The van der Waals surface area contributed by atoms with Crippen LogP contribution in [0.15, 0.2) is 0 Å². The molecule has 5 heteroatoms. The van der Waals surface area contributed by atoms with Gasteiger partial charge in [-0.05, 0) is 31.7 Å². The first-order valence-corrected chi connectivity index (χ1v) is 6.88. The average Bonchev–Trinajstić information content (AvgIpc) is 3.13. The number of hydrogen-bond donors (Lipinski definition) is 1. The highest BCUT2D eigenvalue weighted by molar-refractivity contribution is 5.69. The van der Waals surface area contributed by atoms with Gasteiger partial charge in [-0.2, -0.15) is 0 Å². The second kappa shape index (κ2) is 6.50. The molecule has 0 radical (unpaired) electrons. The Balaban J connectivity index is 1.84. The van der Waals surface area contributed by atoms with Crippen molar-refractivity contribution in [3.8, 4) is 0 Å². The third-order valence-corrected chi connectivity index (χ3v) is 3.95. The predicted molar refractivity (Wildman–Crippen MR) is 68.7 cm³/mol. The van der Waals surface area contributed by atoms with Gasteiger partial charge in [0.2, 0.25) is 0 Å². The highest BCUT2D eigenvalue weighted by Gasteiger charge is 2.35. The number of hydrogen-bond acceptors (Lipinski definition) is 4. The van der Waals surface area contributed by atoms with E-state index in [2.05, 4.69) is 4.90 Å². The topological polar surface area (TPSA) is 53.0 Å². The summed E-state index contributed by atoms with van der Waals surface area (Å²) in [7, 11) is 1.77. The summed E-state index contributed by atoms with van der Waals surface area (Å²) in [5, 5.41) is 8.84. The van der Waals surface area contributed by atoms with Crippen molar-refractivity contribution in [2.45, 2.75) is 25.3 Å². The van der Waals surface area contributed by atoms with E-state index in [4.69, 9.17) is 9.84 Å². The minimum Gasteiger partial charge on any atom is -0.480 e. The van der Waals surface area contributed by atoms with Crippen LogP contribution in [0.2, 0.25) is 0 Å². The second-order valence-corrected chi connectivity index (χ2v) is 5.42. The van der Waals surface area contributed by atoms with E-state index in [-0.39, 0.29) is 6.54 Å². The predicted octanol–water partition coefficient (Wildman–Crippen LogP) is 0.504. The molecule has 1 aliphatic carbocycles. The van der Waals surface area contributed by atoms with Gasteiger partial charge in [0.05, 0.1) is 13.2 Å². The maximum Gasteiger partial charge on any atom is 0.317 e. The fourth-order valence-corrected chi connectivity index (χ4v) is 2.86. The van der Waals surface area contributed by atoms with Gasteiger partial charge in [0.15, 0.2) is 0 Å². The Morgan fingerprint density at radius 2 is 2.11 bits per heavy atom. The van der Waals surface area contributed by atoms with Crippen molar-refractivity contribution < 1.29 is 14.6 Å². The normalized spacial score (nSPS) is 24.7. The van der Waals surface area contributed by atoms with E-state index in [9.17, 15) is 4.79 Å². The number of carboxylic acid groups (broad SMARTS) is 1. The standard InChI is InChI=1S/C13H24N2O3/c1-18-10-12(11-3-4-11)15-6-2-5-14(7-8-15)9-13(16)17/h11-12H,2-10H2,1H3,(H,16,17). The lowest BCUT2D eigenvalue weighted by Crippen LogP contribution is -2.42. The summed E-state index contributed by atoms with van der Waals surface area (Å²) in [6.45, 7) is 4.78. The van der Waals surface area contributed by atoms with Gasteiger partial charge in [-0.25, -0.2) is 0 Å². The molecule has 2 aliphatic rings. The van der Waals surface area contributed by atoms with Crippen LogP contribution in [-0.4, -0.2) is 73.4 Å². The second-order valence-electron chi connectivity index (χ2n) is 5.42. The Bertz CT molecular complexity index is 281. The monoisotopic (exact) mass is 256 g/mol. The smallest absolute Gasteiger partial charge is 0.317 e. The van der Waals surface area contributed by atoms with Crippen LogP contribution in [0, 0.1) is 5.92 Å². The quantitative estimate of drug-likeness (QED) is 0.750. The van der Waals surface area contributed by atoms with Crippen molar-refractivity contribution in [1.82, 2.24) is 9.80 Å². The molecule has 0 bridgehead atoms. The molecule has 1 N–H and O–H groups in total. The molecule has 1 aliphatic heterocycles. The van der Waals surface area contributed by atoms with Crippen LogP contribution in [0.1, 0.15) is 19.3 Å². The molecule has 1 atom stereocenters. The molecule has 2 fully saturated rings. The number of rotatable bonds is 6. The maximum absolute atomic E-state index is 10.7. The SMILES string of the molecule is COCC(C1CC1)N1CCCN(CC(=O)O)CC1. The molecule has 104 valence electrons. The molecule has 1 saturated heterocycles. The Labute approximate surface area is 109 Å². The minimum atomic E-state index is -0.723. The van der Waals surface area contributed by atoms with Crippen molar-refractivity contribution in [2.24, 2.45) is 5.92 Å². The first-order chi connectivity index (χ1) is 8.70. The van der Waals surface area contributed by atoms with Crippen LogP contribution in [0.3, 0.4) is 0 Å². The number of carboxylic acids is 1. The van der Waals surface area contributed by atoms with Gasteiger partial charge in [-0.3, -0.25) is 14.6 Å². The largest absolute Gasteiger partial charge is 0.480 e. The van der Waals surface area contributed by atoms with E-state index in [1.54, 1.807) is 7.11 Å². The minimum absolute atomic E-state index is 0.173. The summed E-state index contributed by atoms with van der Waals surface area (Å²) in [4.78, 5) is 15.3. The van der Waals surface area contributed by atoms with Gasteiger partial charge in [0, 0.05) is 32.8 Å². The number of methoxy groups -OCH3 is 1. The first kappa shape index (κ1) is 13.8. The highest BCUT2D eigenvalue weighted by atomic mass is 16.5. The summed E-state index contributed by atoms with van der Waals surface area (Å²) in [6, 6.07) is 0.541. The highest BCUT2D eigenvalue weighted by Crippen LogP contribution is 2.35. The summed E-state index contributed by atoms with van der Waals surface area (Å²) in [6.07, 6.45) is 3.70. The fourth-order valence-electron chi connectivity index (χ4n) is 2.86. The Hall–Kier alpha value is -0.650. The van der Waals surface area contributed by atoms with Gasteiger partial charge < -0.3 is 9.84 Å². The zero-order valence-corrected chi connectivity index (χ0v) is 11.2. The number of ether oxygens (including phenoxy) is 1. The molecule has 18 heavy (non-hydrogen) atoms. The van der Waals surface area contributed by atoms with Crippen LogP contribution in [0.5, 0.6) is 0 Å². The van der Waals surface area contributed by atoms with Crippen LogP contribution in [0.25, 0.3) is 0 Å². The van der Waals surface area contributed by atoms with Crippen LogP contribution < -0.4 is 0 Å². The number of aliphatic carboxylic acids is 1. The van der Waals surface area contributed by atoms with Crippen molar-refractivity contribution in [1.29, 1.82) is 0 Å². The van der Waals surface area contributed by atoms with Crippen LogP contribution in [0.4, 0.5) is 0 Å². The third kappa shape index (κ3) is 3.93. The molecule has 0 spiro atoms. The van der Waals surface area contributed by atoms with Gasteiger partial charge >= 0.3 is 5.97 Å². The van der Waals surface area contributed by atoms with E-state index in [1.165, 1.54) is 12.8 Å². The lowest BCUT2D eigenvalue weighted by molar-refractivity contribution is -0.138. The molecule has 0 amide bonds. The molecular weight excluding hydrogens is 232 g/mol. The molecule has 0 aromatic rings. The van der Waals surface area contributed by atoms with Crippen molar-refractivity contribution in [3.05, 3.63) is 0 Å². The van der Waals surface area contributed by atoms with E-state index in [1.807, 2.05) is 4.90 Å². The molecule has 1 heterocycles. The summed E-state index contributed by atoms with van der Waals surface area (Å²) in [5.74, 6) is 0.0788. The van der Waals surface area contributed by atoms with E-state index in [0.29, 0.717) is 6.04 Å². The average molecular weight is 256 g/mol. The van der Waals surface area contributed by atoms with Gasteiger partial charge in [-0.15, -0.1) is 0 Å². The van der Waals surface area contributed by atoms with E-state index < -0.39 is 5.97 Å². The van der Waals surface area contributed by atoms with Gasteiger partial charge in [-0.1, -0.05) is 0 Å². The number of carbonyl (C=O) groups is 1. The van der Waals surface area contributed by atoms with Crippen molar-refractivity contribution in [3.63, 3.8) is 0 Å². The van der Waals surface area contributed by atoms with E-state index >= 15 is 0 Å². The van der Waals surface area contributed by atoms with Crippen LogP contribution >= 0.6 is 0 Å². The molecule has 0 aromatic heterocycles. The Kier molecular flexibility index (Phi) is 4.97. The van der Waals surface area contributed by atoms with Crippen molar-refractivity contribution in [2.75, 3.05) is 46.4 Å². The molecule has 1 unspecified atom stereocenters. The summed E-state index contributed by atoms with van der Waals surface area (Å²) >= 11 is 0. The third-order valence-electron chi connectivity index (χ3n) is 3.95. The maximum atomic E-state index is 10.7. The summed E-state index contributed by atoms with van der Waals surface area (Å²) < 4.78 is 5.34. The Morgan fingerprint density at radius 3 is 2.72 bits per heavy atom.